The van der Waals surface area contributed by atoms with E-state index in [9.17, 15) is 8.78 Å². The third-order valence-electron chi connectivity index (χ3n) is 3.22. The van der Waals surface area contributed by atoms with Crippen LogP contribution in [0.2, 0.25) is 0 Å². The number of benzene rings is 2. The summed E-state index contributed by atoms with van der Waals surface area (Å²) < 4.78 is 31.0. The van der Waals surface area contributed by atoms with Gasteiger partial charge in [0.1, 0.15) is 11.6 Å². The fourth-order valence-corrected chi connectivity index (χ4v) is 2.81. The SMILES string of the molecule is Cn1c(-c2ccc(Br)cc2F)nnc1-c1ccc(Br)cc1F. The molecule has 0 saturated carbocycles. The summed E-state index contributed by atoms with van der Waals surface area (Å²) in [7, 11) is 1.67. The van der Waals surface area contributed by atoms with Crippen molar-refractivity contribution in [1.82, 2.24) is 14.8 Å². The van der Waals surface area contributed by atoms with Crippen LogP contribution in [-0.2, 0) is 7.05 Å². The van der Waals surface area contributed by atoms with Crippen molar-refractivity contribution in [2.75, 3.05) is 0 Å². The van der Waals surface area contributed by atoms with Crippen molar-refractivity contribution in [3.63, 3.8) is 0 Å². The fourth-order valence-electron chi connectivity index (χ4n) is 2.14. The molecular formula is C15H9Br2F2N3. The summed E-state index contributed by atoms with van der Waals surface area (Å²) >= 11 is 6.42. The van der Waals surface area contributed by atoms with Crippen LogP contribution in [0.3, 0.4) is 0 Å². The summed E-state index contributed by atoms with van der Waals surface area (Å²) in [4.78, 5) is 0. The molecule has 0 saturated heterocycles. The molecule has 0 bridgehead atoms. The van der Waals surface area contributed by atoms with Gasteiger partial charge in [-0.1, -0.05) is 31.9 Å². The standard InChI is InChI=1S/C15H9Br2F2N3/c1-22-14(10-4-2-8(16)6-12(10)18)20-21-15(22)11-5-3-9(17)7-13(11)19/h2-7H,1H3. The molecule has 3 rings (SSSR count). The Morgan fingerprint density at radius 1 is 0.818 bits per heavy atom. The molecule has 0 spiro atoms. The maximum atomic E-state index is 14.1. The Balaban J connectivity index is 2.13. The van der Waals surface area contributed by atoms with Gasteiger partial charge in [0.15, 0.2) is 11.6 Å². The minimum Gasteiger partial charge on any atom is -0.310 e. The molecule has 0 aliphatic carbocycles. The molecule has 112 valence electrons. The summed E-state index contributed by atoms with van der Waals surface area (Å²) in [5, 5.41) is 7.99. The molecule has 0 aliphatic heterocycles. The summed E-state index contributed by atoms with van der Waals surface area (Å²) in [5.74, 6) is -0.176. The number of hydrogen-bond acceptors (Lipinski definition) is 2. The van der Waals surface area contributed by atoms with Crippen LogP contribution >= 0.6 is 31.9 Å². The van der Waals surface area contributed by atoms with Crippen molar-refractivity contribution >= 4 is 31.9 Å². The van der Waals surface area contributed by atoms with Gasteiger partial charge in [-0.15, -0.1) is 10.2 Å². The van der Waals surface area contributed by atoms with Crippen molar-refractivity contribution in [3.05, 3.63) is 57.0 Å². The van der Waals surface area contributed by atoms with Crippen molar-refractivity contribution in [3.8, 4) is 22.8 Å². The van der Waals surface area contributed by atoms with Crippen molar-refractivity contribution in [2.24, 2.45) is 7.05 Å². The maximum absolute atomic E-state index is 14.1. The van der Waals surface area contributed by atoms with Crippen LogP contribution < -0.4 is 0 Å². The van der Waals surface area contributed by atoms with E-state index in [0.717, 1.165) is 0 Å². The molecule has 0 fully saturated rings. The average molecular weight is 429 g/mol. The van der Waals surface area contributed by atoms with Crippen LogP contribution in [0.25, 0.3) is 22.8 Å². The van der Waals surface area contributed by atoms with E-state index in [1.807, 2.05) is 0 Å². The molecule has 0 amide bonds. The van der Waals surface area contributed by atoms with E-state index < -0.39 is 11.6 Å². The average Bonchev–Trinajstić information content (AvgIpc) is 2.81. The number of halogens is 4. The van der Waals surface area contributed by atoms with Crippen LogP contribution in [-0.4, -0.2) is 14.8 Å². The number of hydrogen-bond donors (Lipinski definition) is 0. The molecule has 0 radical (unpaired) electrons. The Morgan fingerprint density at radius 3 is 1.59 bits per heavy atom. The van der Waals surface area contributed by atoms with E-state index in [0.29, 0.717) is 31.7 Å². The van der Waals surface area contributed by atoms with Gasteiger partial charge in [0, 0.05) is 16.0 Å². The van der Waals surface area contributed by atoms with Gasteiger partial charge in [-0.2, -0.15) is 0 Å². The van der Waals surface area contributed by atoms with Crippen LogP contribution in [0, 0.1) is 11.6 Å². The summed E-state index contributed by atoms with van der Waals surface area (Å²) in [6.45, 7) is 0. The molecule has 1 heterocycles. The van der Waals surface area contributed by atoms with E-state index in [2.05, 4.69) is 42.1 Å². The minimum atomic E-state index is -0.423. The van der Waals surface area contributed by atoms with Crippen molar-refractivity contribution < 1.29 is 8.78 Å². The van der Waals surface area contributed by atoms with Crippen molar-refractivity contribution in [1.29, 1.82) is 0 Å². The van der Waals surface area contributed by atoms with E-state index in [1.165, 1.54) is 12.1 Å². The highest BCUT2D eigenvalue weighted by molar-refractivity contribution is 9.10. The summed E-state index contributed by atoms with van der Waals surface area (Å²) in [6.07, 6.45) is 0. The molecule has 0 N–H and O–H groups in total. The molecule has 1 aromatic heterocycles. The first-order chi connectivity index (χ1) is 10.5. The van der Waals surface area contributed by atoms with Gasteiger partial charge in [-0.05, 0) is 36.4 Å². The molecule has 0 aliphatic rings. The van der Waals surface area contributed by atoms with Gasteiger partial charge in [0.05, 0.1) is 11.1 Å². The number of nitrogens with zero attached hydrogens (tertiary/aromatic N) is 3. The Labute approximate surface area is 142 Å². The molecule has 3 nitrogen and oxygen atoms in total. The van der Waals surface area contributed by atoms with E-state index in [4.69, 9.17) is 0 Å². The monoisotopic (exact) mass is 427 g/mol. The smallest absolute Gasteiger partial charge is 0.166 e. The van der Waals surface area contributed by atoms with Gasteiger partial charge in [-0.3, -0.25) is 0 Å². The van der Waals surface area contributed by atoms with Crippen LogP contribution in [0.1, 0.15) is 0 Å². The normalized spacial score (nSPS) is 11.0. The lowest BCUT2D eigenvalue weighted by Gasteiger charge is -2.06. The minimum absolute atomic E-state index is 0.307. The lowest BCUT2D eigenvalue weighted by Crippen LogP contribution is -1.98. The highest BCUT2D eigenvalue weighted by Crippen LogP contribution is 2.29. The van der Waals surface area contributed by atoms with Gasteiger partial charge in [0.25, 0.3) is 0 Å². The highest BCUT2D eigenvalue weighted by Gasteiger charge is 2.18. The topological polar surface area (TPSA) is 30.7 Å². The number of rotatable bonds is 2. The summed E-state index contributed by atoms with van der Waals surface area (Å²) in [5.41, 5.74) is 0.615. The second-order valence-electron chi connectivity index (χ2n) is 4.65. The molecule has 0 unspecified atom stereocenters. The van der Waals surface area contributed by atoms with E-state index in [1.54, 1.807) is 35.9 Å². The van der Waals surface area contributed by atoms with Gasteiger partial charge in [-0.25, -0.2) is 8.78 Å². The molecule has 3 aromatic rings. The third-order valence-corrected chi connectivity index (χ3v) is 4.21. The van der Waals surface area contributed by atoms with E-state index >= 15 is 0 Å². The van der Waals surface area contributed by atoms with Gasteiger partial charge >= 0.3 is 0 Å². The maximum Gasteiger partial charge on any atom is 0.166 e. The predicted octanol–water partition coefficient (Wildman–Crippen LogP) is 4.95. The molecule has 7 heteroatoms. The molecule has 2 aromatic carbocycles. The highest BCUT2D eigenvalue weighted by atomic mass is 79.9. The third kappa shape index (κ3) is 2.70. The largest absolute Gasteiger partial charge is 0.310 e. The zero-order valence-corrected chi connectivity index (χ0v) is 14.5. The predicted molar refractivity (Wildman–Crippen MR) is 87.2 cm³/mol. The van der Waals surface area contributed by atoms with Crippen LogP contribution in [0.5, 0.6) is 0 Å². The lowest BCUT2D eigenvalue weighted by molar-refractivity contribution is 0.626. The van der Waals surface area contributed by atoms with E-state index in [-0.39, 0.29) is 0 Å². The van der Waals surface area contributed by atoms with Crippen LogP contribution in [0.15, 0.2) is 45.3 Å². The number of aromatic nitrogens is 3. The second kappa shape index (κ2) is 5.89. The van der Waals surface area contributed by atoms with Crippen molar-refractivity contribution in [2.45, 2.75) is 0 Å². The Kier molecular flexibility index (Phi) is 4.10. The first-order valence-corrected chi connectivity index (χ1v) is 7.86. The van der Waals surface area contributed by atoms with Gasteiger partial charge < -0.3 is 4.57 Å². The second-order valence-corrected chi connectivity index (χ2v) is 6.49. The molecular weight excluding hydrogens is 420 g/mol. The lowest BCUT2D eigenvalue weighted by atomic mass is 10.2. The first kappa shape index (κ1) is 15.3. The summed E-state index contributed by atoms with van der Waals surface area (Å²) in [6, 6.07) is 9.34. The zero-order chi connectivity index (χ0) is 15.9. The Morgan fingerprint density at radius 2 is 1.23 bits per heavy atom. The molecule has 0 atom stereocenters. The quantitative estimate of drug-likeness (QED) is 0.578. The molecule has 22 heavy (non-hydrogen) atoms. The fraction of sp³-hybridized carbons (Fsp3) is 0.0667. The Bertz CT molecular complexity index is 793. The van der Waals surface area contributed by atoms with Crippen LogP contribution in [0.4, 0.5) is 8.78 Å². The zero-order valence-electron chi connectivity index (χ0n) is 11.3. The van der Waals surface area contributed by atoms with Gasteiger partial charge in [0.2, 0.25) is 0 Å². The first-order valence-electron chi connectivity index (χ1n) is 6.27. The Hall–Kier alpha value is -1.60.